The number of halogens is 1. The molecule has 1 aromatic carbocycles. The van der Waals surface area contributed by atoms with Crippen molar-refractivity contribution in [1.29, 1.82) is 0 Å². The summed E-state index contributed by atoms with van der Waals surface area (Å²) < 4.78 is 31.3. The van der Waals surface area contributed by atoms with Crippen LogP contribution in [0, 0.1) is 17.2 Å². The average molecular weight is 644 g/mol. The van der Waals surface area contributed by atoms with E-state index in [1.807, 2.05) is 20.8 Å². The molecule has 1 aromatic heterocycles. The molecule has 0 saturated carbocycles. The predicted octanol–water partition coefficient (Wildman–Crippen LogP) is 4.58. The Morgan fingerprint density at radius 1 is 1.11 bits per heavy atom. The van der Waals surface area contributed by atoms with Crippen molar-refractivity contribution in [3.63, 3.8) is 0 Å². The van der Waals surface area contributed by atoms with Crippen LogP contribution >= 0.6 is 0 Å². The zero-order chi connectivity index (χ0) is 33.4. The van der Waals surface area contributed by atoms with E-state index in [0.29, 0.717) is 37.5 Å². The van der Waals surface area contributed by atoms with Crippen molar-refractivity contribution < 1.29 is 23.4 Å². The number of ether oxygens (including phenoxy) is 3. The molecular weight excluding hydrogens is 589 g/mol. The molecule has 12 heteroatoms. The fourth-order valence-corrected chi connectivity index (χ4v) is 7.08. The van der Waals surface area contributed by atoms with Crippen LogP contribution in [0.15, 0.2) is 24.5 Å². The summed E-state index contributed by atoms with van der Waals surface area (Å²) in [6.45, 7) is 17.0. The molecule has 1 atom stereocenters. The fourth-order valence-electron chi connectivity index (χ4n) is 7.08. The van der Waals surface area contributed by atoms with Gasteiger partial charge in [-0.1, -0.05) is 13.8 Å². The first-order valence-electron chi connectivity index (χ1n) is 16.7. The van der Waals surface area contributed by atoms with Crippen LogP contribution in [0.2, 0.25) is 0 Å². The lowest BCUT2D eigenvalue weighted by Gasteiger charge is -2.53. The molecule has 3 heterocycles. The Hall–Kier alpha value is -2.93. The fraction of sp³-hybridized carbons (Fsp3) is 0.706. The summed E-state index contributed by atoms with van der Waals surface area (Å²) in [7, 11) is 5.63. The third-order valence-corrected chi connectivity index (χ3v) is 9.58. The Morgan fingerprint density at radius 2 is 1.83 bits per heavy atom. The maximum absolute atomic E-state index is 14.3. The second-order valence-electron chi connectivity index (χ2n) is 13.6. The second-order valence-corrected chi connectivity index (χ2v) is 13.6. The van der Waals surface area contributed by atoms with Crippen LogP contribution in [-0.2, 0) is 9.47 Å². The molecule has 0 radical (unpaired) electrons. The van der Waals surface area contributed by atoms with Crippen LogP contribution in [0.25, 0.3) is 0 Å². The summed E-state index contributed by atoms with van der Waals surface area (Å²) in [6.07, 6.45) is 4.74. The quantitative estimate of drug-likeness (QED) is 0.244. The highest BCUT2D eigenvalue weighted by atomic mass is 19.1. The summed E-state index contributed by atoms with van der Waals surface area (Å²) >= 11 is 0. The summed E-state index contributed by atoms with van der Waals surface area (Å²) in [5.74, 6) is 0.807. The summed E-state index contributed by atoms with van der Waals surface area (Å²) in [5, 5.41) is 8.23. The van der Waals surface area contributed by atoms with E-state index in [1.165, 1.54) is 24.5 Å². The number of aromatic nitrogens is 3. The van der Waals surface area contributed by atoms with E-state index < -0.39 is 5.82 Å². The van der Waals surface area contributed by atoms with Crippen molar-refractivity contribution in [2.45, 2.75) is 72.0 Å². The average Bonchev–Trinajstić information content (AvgIpc) is 3.45. The van der Waals surface area contributed by atoms with Crippen LogP contribution in [0.3, 0.4) is 0 Å². The van der Waals surface area contributed by atoms with Gasteiger partial charge < -0.3 is 24.0 Å². The molecular formula is C34H54FN7O4. The Kier molecular flexibility index (Phi) is 12.7. The van der Waals surface area contributed by atoms with E-state index in [-0.39, 0.29) is 40.6 Å². The normalized spacial score (nSPS) is 17.0. The van der Waals surface area contributed by atoms with Crippen molar-refractivity contribution in [2.24, 2.45) is 11.3 Å². The summed E-state index contributed by atoms with van der Waals surface area (Å²) in [4.78, 5) is 26.8. The molecule has 4 rings (SSSR count). The first-order chi connectivity index (χ1) is 22.0. The second kappa shape index (κ2) is 16.3. The van der Waals surface area contributed by atoms with Crippen molar-refractivity contribution in [1.82, 2.24) is 29.9 Å². The van der Waals surface area contributed by atoms with Crippen LogP contribution in [0.5, 0.6) is 11.6 Å². The molecule has 0 bridgehead atoms. The van der Waals surface area contributed by atoms with Gasteiger partial charge in [0.15, 0.2) is 5.82 Å². The SMILES string of the molecule is CCN(C(=O)c1cc(F)ccc1Oc1nncnc1N1CCC2(C1)CN(C(CCCN(C)C(COC)COC)C(C)C)C2)C(C)C. The van der Waals surface area contributed by atoms with Gasteiger partial charge in [-0.3, -0.25) is 14.6 Å². The molecule has 0 aliphatic carbocycles. The molecule has 2 fully saturated rings. The molecule has 0 N–H and O–H groups in total. The minimum absolute atomic E-state index is 0.0454. The third kappa shape index (κ3) is 8.50. The Morgan fingerprint density at radius 3 is 2.46 bits per heavy atom. The van der Waals surface area contributed by atoms with Gasteiger partial charge in [-0.25, -0.2) is 9.37 Å². The smallest absolute Gasteiger partial charge is 0.282 e. The van der Waals surface area contributed by atoms with E-state index in [4.69, 9.17) is 14.2 Å². The Bertz CT molecular complexity index is 1270. The van der Waals surface area contributed by atoms with Crippen molar-refractivity contribution in [3.05, 3.63) is 35.9 Å². The molecule has 1 amide bonds. The number of hydrogen-bond acceptors (Lipinski definition) is 10. The number of benzene rings is 1. The number of likely N-dealkylation sites (N-methyl/N-ethyl adjacent to an activating group) is 1. The number of rotatable bonds is 17. The zero-order valence-corrected chi connectivity index (χ0v) is 29.0. The number of anilines is 1. The first kappa shape index (κ1) is 35.9. The minimum Gasteiger partial charge on any atom is -0.434 e. The Balaban J connectivity index is 1.40. The van der Waals surface area contributed by atoms with Crippen LogP contribution in [0.1, 0.15) is 64.2 Å². The van der Waals surface area contributed by atoms with E-state index in [2.05, 4.69) is 50.8 Å². The summed E-state index contributed by atoms with van der Waals surface area (Å²) in [5.41, 5.74) is 0.336. The third-order valence-electron chi connectivity index (χ3n) is 9.58. The number of hydrogen-bond donors (Lipinski definition) is 0. The largest absolute Gasteiger partial charge is 0.434 e. The highest BCUT2D eigenvalue weighted by Crippen LogP contribution is 2.44. The van der Waals surface area contributed by atoms with Gasteiger partial charge in [0.05, 0.1) is 24.8 Å². The van der Waals surface area contributed by atoms with Gasteiger partial charge in [0.2, 0.25) is 0 Å². The van der Waals surface area contributed by atoms with Crippen LogP contribution < -0.4 is 9.64 Å². The van der Waals surface area contributed by atoms with Gasteiger partial charge in [-0.2, -0.15) is 0 Å². The molecule has 2 aliphatic rings. The van der Waals surface area contributed by atoms with Gasteiger partial charge in [0.1, 0.15) is 17.9 Å². The van der Waals surface area contributed by atoms with E-state index in [0.717, 1.165) is 52.0 Å². The number of methoxy groups -OCH3 is 2. The van der Waals surface area contributed by atoms with Crippen molar-refractivity contribution in [3.8, 4) is 11.6 Å². The summed E-state index contributed by atoms with van der Waals surface area (Å²) in [6, 6.07) is 4.73. The lowest BCUT2D eigenvalue weighted by atomic mass is 9.76. The topological polar surface area (TPSA) is 96.4 Å². The molecule has 2 aromatic rings. The van der Waals surface area contributed by atoms with E-state index in [9.17, 15) is 9.18 Å². The van der Waals surface area contributed by atoms with Gasteiger partial charge in [-0.15, -0.1) is 10.2 Å². The van der Waals surface area contributed by atoms with Crippen molar-refractivity contribution >= 4 is 11.7 Å². The maximum Gasteiger partial charge on any atom is 0.282 e. The van der Waals surface area contributed by atoms with Crippen LogP contribution in [0.4, 0.5) is 10.2 Å². The number of carbonyl (C=O) groups is 1. The van der Waals surface area contributed by atoms with E-state index in [1.54, 1.807) is 19.1 Å². The number of likely N-dealkylation sites (tertiary alicyclic amines) is 1. The molecule has 256 valence electrons. The zero-order valence-electron chi connectivity index (χ0n) is 29.0. The van der Waals surface area contributed by atoms with Crippen molar-refractivity contribution in [2.75, 3.05) is 78.6 Å². The number of amides is 1. The van der Waals surface area contributed by atoms with E-state index >= 15 is 0 Å². The monoisotopic (exact) mass is 643 g/mol. The van der Waals surface area contributed by atoms with Gasteiger partial charge >= 0.3 is 0 Å². The molecule has 11 nitrogen and oxygen atoms in total. The van der Waals surface area contributed by atoms with Crippen LogP contribution in [-0.4, -0.2) is 128 Å². The lowest BCUT2D eigenvalue weighted by Crippen LogP contribution is -2.62. The molecule has 1 unspecified atom stereocenters. The minimum atomic E-state index is -0.503. The molecule has 2 saturated heterocycles. The predicted molar refractivity (Wildman–Crippen MR) is 177 cm³/mol. The van der Waals surface area contributed by atoms with Gasteiger partial charge in [0, 0.05) is 64.4 Å². The van der Waals surface area contributed by atoms with Gasteiger partial charge in [-0.05, 0) is 77.7 Å². The highest BCUT2D eigenvalue weighted by molar-refractivity contribution is 5.97. The Labute approximate surface area is 274 Å². The number of carbonyl (C=O) groups excluding carboxylic acids is 1. The molecule has 1 spiro atoms. The van der Waals surface area contributed by atoms with Gasteiger partial charge in [0.25, 0.3) is 11.8 Å². The molecule has 46 heavy (non-hydrogen) atoms. The maximum atomic E-state index is 14.3. The number of nitrogens with zero attached hydrogens (tertiary/aromatic N) is 7. The first-order valence-corrected chi connectivity index (χ1v) is 16.7. The highest BCUT2D eigenvalue weighted by Gasteiger charge is 2.50. The standard InChI is InChI=1S/C34H54FN7O4/c1-9-42(25(4)5)33(43)28-17-26(35)12-13-30(28)46-32-31(36-23-37-38-32)40-16-14-34(20-40)21-41(22-34)29(24(2)3)11-10-15-39(6)27(18-44-7)19-45-8/h12-13,17,23-25,27,29H,9-11,14-16,18-22H2,1-8H3. The lowest BCUT2D eigenvalue weighted by molar-refractivity contribution is -0.0351. The molecule has 2 aliphatic heterocycles.